The molecule has 0 radical (unpaired) electrons. The number of amides is 1. The number of nitrogens with zero attached hydrogens (tertiary/aromatic N) is 6. The molecule has 3 N–H and O–H groups in total. The third-order valence-corrected chi connectivity index (χ3v) is 4.68. The average molecular weight is 362 g/mol. The van der Waals surface area contributed by atoms with E-state index < -0.39 is 0 Å². The molecule has 4 rings (SSSR count). The summed E-state index contributed by atoms with van der Waals surface area (Å²) in [5, 5.41) is 16.0. The molecule has 9 nitrogen and oxygen atoms in total. The van der Waals surface area contributed by atoms with E-state index in [-0.39, 0.29) is 17.8 Å². The highest BCUT2D eigenvalue weighted by atomic mass is 16.1. The number of anilines is 2. The van der Waals surface area contributed by atoms with Gasteiger partial charge in [-0.1, -0.05) is 0 Å². The summed E-state index contributed by atoms with van der Waals surface area (Å²) in [6.45, 7) is 1.54. The van der Waals surface area contributed by atoms with Crippen molar-refractivity contribution < 1.29 is 4.79 Å². The molecule has 27 heavy (non-hydrogen) atoms. The fraction of sp³-hybridized carbons (Fsp3) is 0.278. The molecule has 0 atom stereocenters. The first-order valence-electron chi connectivity index (χ1n) is 8.66. The molecule has 3 aromatic heterocycles. The van der Waals surface area contributed by atoms with Crippen molar-refractivity contribution in [3.63, 3.8) is 0 Å². The van der Waals surface area contributed by atoms with Crippen molar-refractivity contribution in [3.8, 4) is 6.07 Å². The van der Waals surface area contributed by atoms with Crippen molar-refractivity contribution in [3.05, 3.63) is 47.9 Å². The van der Waals surface area contributed by atoms with Gasteiger partial charge < -0.3 is 16.0 Å². The van der Waals surface area contributed by atoms with Gasteiger partial charge in [0, 0.05) is 37.7 Å². The SMILES string of the molecule is N#Cc1ccc(N2CCC(NC(=O)c3c(N)nn4cccnc34)CC2)nc1. The molecule has 1 aliphatic heterocycles. The lowest BCUT2D eigenvalue weighted by molar-refractivity contribution is 0.0933. The van der Waals surface area contributed by atoms with E-state index in [9.17, 15) is 4.79 Å². The van der Waals surface area contributed by atoms with Gasteiger partial charge in [-0.3, -0.25) is 4.79 Å². The molecular formula is C18H18N8O. The maximum Gasteiger partial charge on any atom is 0.259 e. The van der Waals surface area contributed by atoms with E-state index in [0.29, 0.717) is 16.8 Å². The first-order chi connectivity index (χ1) is 13.2. The number of nitrogens with two attached hydrogens (primary N) is 1. The Morgan fingerprint density at radius 2 is 2.11 bits per heavy atom. The summed E-state index contributed by atoms with van der Waals surface area (Å²) in [7, 11) is 0. The van der Waals surface area contributed by atoms with Crippen LogP contribution in [-0.4, -0.2) is 44.6 Å². The van der Waals surface area contributed by atoms with E-state index in [1.54, 1.807) is 30.7 Å². The standard InChI is InChI=1S/C18H18N8O/c19-10-12-2-3-14(22-11-12)25-8-4-13(5-9-25)23-18(27)15-16(20)24-26-7-1-6-21-17(15)26/h1-3,6-7,11,13H,4-5,8-9H2,(H2,20,24)(H,23,27). The van der Waals surface area contributed by atoms with Gasteiger partial charge >= 0.3 is 0 Å². The minimum Gasteiger partial charge on any atom is -0.381 e. The highest BCUT2D eigenvalue weighted by Crippen LogP contribution is 2.20. The van der Waals surface area contributed by atoms with E-state index in [4.69, 9.17) is 11.0 Å². The van der Waals surface area contributed by atoms with Crippen LogP contribution >= 0.6 is 0 Å². The van der Waals surface area contributed by atoms with Crippen LogP contribution in [0, 0.1) is 11.3 Å². The summed E-state index contributed by atoms with van der Waals surface area (Å²) in [5.74, 6) is 0.761. The molecular weight excluding hydrogens is 344 g/mol. The van der Waals surface area contributed by atoms with Crippen molar-refractivity contribution in [1.29, 1.82) is 5.26 Å². The van der Waals surface area contributed by atoms with Crippen LogP contribution in [0.25, 0.3) is 5.65 Å². The number of hydrogen-bond donors (Lipinski definition) is 2. The van der Waals surface area contributed by atoms with Crippen LogP contribution in [0.1, 0.15) is 28.8 Å². The van der Waals surface area contributed by atoms with Crippen molar-refractivity contribution in [2.75, 3.05) is 23.7 Å². The smallest absolute Gasteiger partial charge is 0.259 e. The number of piperidine rings is 1. The van der Waals surface area contributed by atoms with Crippen LogP contribution in [0.3, 0.4) is 0 Å². The molecule has 1 saturated heterocycles. The number of rotatable bonds is 3. The maximum absolute atomic E-state index is 12.7. The highest BCUT2D eigenvalue weighted by molar-refractivity contribution is 6.04. The molecule has 3 aromatic rings. The number of nitrogens with one attached hydrogen (secondary N) is 1. The summed E-state index contributed by atoms with van der Waals surface area (Å²) in [6.07, 6.45) is 6.47. The van der Waals surface area contributed by atoms with Crippen molar-refractivity contribution in [2.45, 2.75) is 18.9 Å². The zero-order valence-corrected chi connectivity index (χ0v) is 14.5. The fourth-order valence-corrected chi connectivity index (χ4v) is 3.27. The first-order valence-corrected chi connectivity index (χ1v) is 8.66. The summed E-state index contributed by atoms with van der Waals surface area (Å²) >= 11 is 0. The molecule has 1 aliphatic rings. The number of carbonyl (C=O) groups excluding carboxylic acids is 1. The fourth-order valence-electron chi connectivity index (χ4n) is 3.27. The van der Waals surface area contributed by atoms with E-state index in [1.165, 1.54) is 4.52 Å². The van der Waals surface area contributed by atoms with Gasteiger partial charge in [-0.15, -0.1) is 5.10 Å². The van der Waals surface area contributed by atoms with Crippen LogP contribution in [0.2, 0.25) is 0 Å². The van der Waals surface area contributed by atoms with Gasteiger partial charge in [0.2, 0.25) is 0 Å². The van der Waals surface area contributed by atoms with Gasteiger partial charge in [0.15, 0.2) is 11.5 Å². The lowest BCUT2D eigenvalue weighted by Gasteiger charge is -2.33. The number of fused-ring (bicyclic) bond motifs is 1. The lowest BCUT2D eigenvalue weighted by Crippen LogP contribution is -2.45. The number of nitrogen functional groups attached to an aromatic ring is 1. The molecule has 0 bridgehead atoms. The van der Waals surface area contributed by atoms with Crippen LogP contribution in [0.5, 0.6) is 0 Å². The highest BCUT2D eigenvalue weighted by Gasteiger charge is 2.25. The number of pyridine rings is 1. The number of carbonyl (C=O) groups is 1. The lowest BCUT2D eigenvalue weighted by atomic mass is 10.0. The predicted molar refractivity (Wildman–Crippen MR) is 99.1 cm³/mol. The third-order valence-electron chi connectivity index (χ3n) is 4.68. The van der Waals surface area contributed by atoms with E-state index in [1.807, 2.05) is 6.07 Å². The molecule has 1 fully saturated rings. The van der Waals surface area contributed by atoms with Gasteiger partial charge in [0.1, 0.15) is 17.5 Å². The summed E-state index contributed by atoms with van der Waals surface area (Å²) in [6, 6.07) is 7.45. The maximum atomic E-state index is 12.7. The Kier molecular flexibility index (Phi) is 4.30. The minimum atomic E-state index is -0.254. The Bertz CT molecular complexity index is 1010. The first kappa shape index (κ1) is 16.8. The molecule has 9 heteroatoms. The van der Waals surface area contributed by atoms with Crippen molar-refractivity contribution in [1.82, 2.24) is 24.9 Å². The van der Waals surface area contributed by atoms with E-state index >= 15 is 0 Å². The van der Waals surface area contributed by atoms with Gasteiger partial charge in [-0.25, -0.2) is 14.5 Å². The summed E-state index contributed by atoms with van der Waals surface area (Å²) in [4.78, 5) is 23.4. The van der Waals surface area contributed by atoms with Gasteiger partial charge in [-0.05, 0) is 31.0 Å². The molecule has 1 amide bonds. The molecule has 0 saturated carbocycles. The second kappa shape index (κ2) is 6.92. The summed E-state index contributed by atoms with van der Waals surface area (Å²) < 4.78 is 1.50. The Labute approximate surface area is 155 Å². The number of nitriles is 1. The minimum absolute atomic E-state index is 0.0465. The Hall–Kier alpha value is -3.67. The molecule has 4 heterocycles. The third kappa shape index (κ3) is 3.25. The van der Waals surface area contributed by atoms with Crippen LogP contribution in [-0.2, 0) is 0 Å². The van der Waals surface area contributed by atoms with Crippen LogP contribution in [0.15, 0.2) is 36.8 Å². The molecule has 0 spiro atoms. The largest absolute Gasteiger partial charge is 0.381 e. The molecule has 0 unspecified atom stereocenters. The van der Waals surface area contributed by atoms with Gasteiger partial charge in [0.05, 0.1) is 5.56 Å². The normalized spacial score (nSPS) is 14.9. The monoisotopic (exact) mass is 362 g/mol. The predicted octanol–water partition coefficient (Wildman–Crippen LogP) is 0.977. The number of aromatic nitrogens is 4. The van der Waals surface area contributed by atoms with Gasteiger partial charge in [-0.2, -0.15) is 5.26 Å². The Morgan fingerprint density at radius 1 is 1.30 bits per heavy atom. The Morgan fingerprint density at radius 3 is 2.81 bits per heavy atom. The van der Waals surface area contributed by atoms with Gasteiger partial charge in [0.25, 0.3) is 5.91 Å². The zero-order valence-electron chi connectivity index (χ0n) is 14.5. The van der Waals surface area contributed by atoms with E-state index in [0.717, 1.165) is 31.7 Å². The molecule has 0 aromatic carbocycles. The second-order valence-electron chi connectivity index (χ2n) is 6.40. The average Bonchev–Trinajstić information content (AvgIpc) is 3.04. The number of hydrogen-bond acceptors (Lipinski definition) is 7. The topological polar surface area (TPSA) is 125 Å². The van der Waals surface area contributed by atoms with Crippen molar-refractivity contribution >= 4 is 23.2 Å². The molecule has 0 aliphatic carbocycles. The van der Waals surface area contributed by atoms with Crippen molar-refractivity contribution in [2.24, 2.45) is 0 Å². The molecule has 136 valence electrons. The quantitative estimate of drug-likeness (QED) is 0.711. The zero-order chi connectivity index (χ0) is 18.8. The summed E-state index contributed by atoms with van der Waals surface area (Å²) in [5.41, 5.74) is 7.21. The van der Waals surface area contributed by atoms with Crippen LogP contribution < -0.4 is 16.0 Å². The van der Waals surface area contributed by atoms with Crippen LogP contribution in [0.4, 0.5) is 11.6 Å². The van der Waals surface area contributed by atoms with E-state index in [2.05, 4.69) is 31.4 Å². The second-order valence-corrected chi connectivity index (χ2v) is 6.40. The Balaban J connectivity index is 1.40.